The molecule has 90 valence electrons. The van der Waals surface area contributed by atoms with E-state index in [1.165, 1.54) is 0 Å². The average molecular weight is 255 g/mol. The van der Waals surface area contributed by atoms with Crippen molar-refractivity contribution in [2.45, 2.75) is 0 Å². The van der Waals surface area contributed by atoms with Crippen molar-refractivity contribution < 1.29 is 14.7 Å². The zero-order chi connectivity index (χ0) is 12.6. The van der Waals surface area contributed by atoms with Crippen LogP contribution in [0.3, 0.4) is 0 Å². The number of amides is 1. The van der Waals surface area contributed by atoms with Crippen molar-refractivity contribution >= 4 is 29.2 Å². The van der Waals surface area contributed by atoms with Crippen LogP contribution in [0, 0.1) is 5.92 Å². The van der Waals surface area contributed by atoms with Gasteiger partial charge in [-0.25, -0.2) is 0 Å². The molecule has 0 bridgehead atoms. The topological polar surface area (TPSA) is 83.6 Å². The number of primary amides is 1. The molecule has 1 saturated heterocycles. The molecule has 0 aliphatic carbocycles. The van der Waals surface area contributed by atoms with Crippen LogP contribution in [0.4, 0.5) is 5.69 Å². The van der Waals surface area contributed by atoms with Gasteiger partial charge in [-0.3, -0.25) is 9.59 Å². The quantitative estimate of drug-likeness (QED) is 0.842. The van der Waals surface area contributed by atoms with Crippen LogP contribution in [-0.4, -0.2) is 30.1 Å². The lowest BCUT2D eigenvalue weighted by Crippen LogP contribution is -2.51. The Morgan fingerprint density at radius 3 is 2.59 bits per heavy atom. The van der Waals surface area contributed by atoms with Gasteiger partial charge in [0, 0.05) is 13.1 Å². The van der Waals surface area contributed by atoms with Crippen molar-refractivity contribution in [2.24, 2.45) is 11.7 Å². The number of carboxylic acid groups (broad SMARTS) is 1. The normalized spacial score (nSPS) is 15.5. The Labute approximate surface area is 103 Å². The third-order valence-corrected chi connectivity index (χ3v) is 3.12. The molecule has 0 aromatic heterocycles. The van der Waals surface area contributed by atoms with E-state index in [-0.39, 0.29) is 10.6 Å². The summed E-state index contributed by atoms with van der Waals surface area (Å²) in [6, 6.07) is 5.00. The minimum absolute atomic E-state index is 0.248. The number of rotatable bonds is 3. The number of anilines is 1. The van der Waals surface area contributed by atoms with Gasteiger partial charge in [-0.2, -0.15) is 0 Å². The van der Waals surface area contributed by atoms with Gasteiger partial charge in [0.2, 0.25) is 0 Å². The van der Waals surface area contributed by atoms with Crippen LogP contribution < -0.4 is 10.6 Å². The highest BCUT2D eigenvalue weighted by atomic mass is 35.5. The third-order valence-electron chi connectivity index (χ3n) is 2.81. The van der Waals surface area contributed by atoms with Crippen LogP contribution in [0.1, 0.15) is 10.4 Å². The van der Waals surface area contributed by atoms with E-state index < -0.39 is 17.8 Å². The number of nitrogens with two attached hydrogens (primary N) is 1. The first-order valence-electron chi connectivity index (χ1n) is 5.06. The Bertz CT molecular complexity index is 484. The fourth-order valence-electron chi connectivity index (χ4n) is 1.85. The van der Waals surface area contributed by atoms with Gasteiger partial charge >= 0.3 is 5.97 Å². The number of hydrogen-bond donors (Lipinski definition) is 2. The molecule has 3 N–H and O–H groups in total. The summed E-state index contributed by atoms with van der Waals surface area (Å²) in [4.78, 5) is 23.8. The number of aliphatic carboxylic acids is 1. The van der Waals surface area contributed by atoms with E-state index in [1.807, 2.05) is 0 Å². The van der Waals surface area contributed by atoms with E-state index in [1.54, 1.807) is 23.1 Å². The van der Waals surface area contributed by atoms with Gasteiger partial charge in [-0.1, -0.05) is 17.7 Å². The second-order valence-corrected chi connectivity index (χ2v) is 4.35. The summed E-state index contributed by atoms with van der Waals surface area (Å²) >= 11 is 5.90. The number of carbonyl (C=O) groups excluding carboxylic acids is 1. The Balaban J connectivity index is 2.26. The van der Waals surface area contributed by atoms with Crippen molar-refractivity contribution in [1.82, 2.24) is 0 Å². The fraction of sp³-hybridized carbons (Fsp3) is 0.273. The van der Waals surface area contributed by atoms with Crippen molar-refractivity contribution in [1.29, 1.82) is 0 Å². The standard InChI is InChI=1S/C11H11ClN2O3/c12-7-2-1-3-8(9(7)10(13)15)14-4-6(5-14)11(16)17/h1-3,6H,4-5H2,(H2,13,15)(H,16,17). The number of hydrogen-bond acceptors (Lipinski definition) is 3. The molecule has 5 nitrogen and oxygen atoms in total. The van der Waals surface area contributed by atoms with Crippen LogP contribution in [0.5, 0.6) is 0 Å². The van der Waals surface area contributed by atoms with Gasteiger partial charge in [-0.05, 0) is 12.1 Å². The molecular weight excluding hydrogens is 244 g/mol. The largest absolute Gasteiger partial charge is 0.481 e. The second kappa shape index (κ2) is 4.25. The molecule has 0 atom stereocenters. The van der Waals surface area contributed by atoms with Crippen molar-refractivity contribution in [3.8, 4) is 0 Å². The maximum atomic E-state index is 11.3. The molecule has 6 heteroatoms. The summed E-state index contributed by atoms with van der Waals surface area (Å²) in [6.45, 7) is 0.742. The predicted molar refractivity (Wildman–Crippen MR) is 63.3 cm³/mol. The van der Waals surface area contributed by atoms with Gasteiger partial charge in [0.15, 0.2) is 0 Å². The van der Waals surface area contributed by atoms with Gasteiger partial charge in [0.1, 0.15) is 0 Å². The third kappa shape index (κ3) is 2.06. The number of benzene rings is 1. The predicted octanol–water partition coefficient (Wildman–Crippen LogP) is 0.960. The molecule has 17 heavy (non-hydrogen) atoms. The molecule has 0 saturated carbocycles. The van der Waals surface area contributed by atoms with Gasteiger partial charge in [0.05, 0.1) is 22.2 Å². The molecule has 1 amide bonds. The van der Waals surface area contributed by atoms with Crippen LogP contribution in [0.2, 0.25) is 5.02 Å². The van der Waals surface area contributed by atoms with Crippen LogP contribution in [0.25, 0.3) is 0 Å². The van der Waals surface area contributed by atoms with E-state index >= 15 is 0 Å². The van der Waals surface area contributed by atoms with E-state index in [0.717, 1.165) is 0 Å². The van der Waals surface area contributed by atoms with Gasteiger partial charge in [-0.15, -0.1) is 0 Å². The maximum Gasteiger partial charge on any atom is 0.310 e. The molecule has 1 aromatic carbocycles. The highest BCUT2D eigenvalue weighted by molar-refractivity contribution is 6.34. The Kier molecular flexibility index (Phi) is 2.93. The number of carbonyl (C=O) groups is 2. The smallest absolute Gasteiger partial charge is 0.310 e. The molecule has 0 radical (unpaired) electrons. The SMILES string of the molecule is NC(=O)c1c(Cl)cccc1N1CC(C(=O)O)C1. The van der Waals surface area contributed by atoms with Crippen LogP contribution in [0.15, 0.2) is 18.2 Å². The van der Waals surface area contributed by atoms with Crippen LogP contribution in [-0.2, 0) is 4.79 Å². The molecular formula is C11H11ClN2O3. The summed E-state index contributed by atoms with van der Waals surface area (Å²) in [5, 5.41) is 9.07. The minimum atomic E-state index is -0.830. The molecule has 1 fully saturated rings. The van der Waals surface area contributed by atoms with E-state index in [0.29, 0.717) is 18.8 Å². The molecule has 0 spiro atoms. The summed E-state index contributed by atoms with van der Waals surface area (Å²) in [6.07, 6.45) is 0. The summed E-state index contributed by atoms with van der Waals surface area (Å²) < 4.78 is 0. The fourth-order valence-corrected chi connectivity index (χ4v) is 2.11. The Morgan fingerprint density at radius 1 is 1.41 bits per heavy atom. The monoisotopic (exact) mass is 254 g/mol. The second-order valence-electron chi connectivity index (χ2n) is 3.94. The first-order valence-corrected chi connectivity index (χ1v) is 5.44. The molecule has 1 heterocycles. The molecule has 2 rings (SSSR count). The van der Waals surface area contributed by atoms with Crippen molar-refractivity contribution in [3.63, 3.8) is 0 Å². The molecule has 1 aliphatic heterocycles. The molecule has 1 aliphatic rings. The van der Waals surface area contributed by atoms with Gasteiger partial charge in [0.25, 0.3) is 5.91 Å². The summed E-state index contributed by atoms with van der Waals surface area (Å²) in [5.41, 5.74) is 6.11. The molecule has 1 aromatic rings. The lowest BCUT2D eigenvalue weighted by Gasteiger charge is -2.39. The first-order chi connectivity index (χ1) is 8.00. The van der Waals surface area contributed by atoms with E-state index in [4.69, 9.17) is 22.4 Å². The Morgan fingerprint density at radius 2 is 2.06 bits per heavy atom. The highest BCUT2D eigenvalue weighted by Crippen LogP contribution is 2.31. The Hall–Kier alpha value is -1.75. The van der Waals surface area contributed by atoms with Crippen molar-refractivity contribution in [3.05, 3.63) is 28.8 Å². The maximum absolute atomic E-state index is 11.3. The highest BCUT2D eigenvalue weighted by Gasteiger charge is 2.34. The number of nitrogens with zero attached hydrogens (tertiary/aromatic N) is 1. The molecule has 0 unspecified atom stereocenters. The minimum Gasteiger partial charge on any atom is -0.481 e. The zero-order valence-corrected chi connectivity index (χ0v) is 9.65. The van der Waals surface area contributed by atoms with E-state index in [2.05, 4.69) is 0 Å². The lowest BCUT2D eigenvalue weighted by atomic mass is 9.98. The first kappa shape index (κ1) is 11.7. The van der Waals surface area contributed by atoms with Crippen LogP contribution >= 0.6 is 11.6 Å². The number of carboxylic acids is 1. The summed E-state index contributed by atoms with van der Waals surface area (Å²) in [5.74, 6) is -1.83. The number of halogens is 1. The van der Waals surface area contributed by atoms with Gasteiger partial charge < -0.3 is 15.7 Å². The van der Waals surface area contributed by atoms with E-state index in [9.17, 15) is 9.59 Å². The summed E-state index contributed by atoms with van der Waals surface area (Å²) in [7, 11) is 0. The zero-order valence-electron chi connectivity index (χ0n) is 8.89. The lowest BCUT2D eigenvalue weighted by molar-refractivity contribution is -0.142. The average Bonchev–Trinajstić information content (AvgIpc) is 2.13. The van der Waals surface area contributed by atoms with Crippen molar-refractivity contribution in [2.75, 3.05) is 18.0 Å².